The highest BCUT2D eigenvalue weighted by atomic mass is 79.9. The van der Waals surface area contributed by atoms with Crippen LogP contribution in [0, 0.1) is 6.92 Å². The number of pyridine rings is 1. The van der Waals surface area contributed by atoms with Crippen LogP contribution in [-0.4, -0.2) is 14.5 Å². The summed E-state index contributed by atoms with van der Waals surface area (Å²) in [5.74, 6) is 0. The minimum absolute atomic E-state index is 0.00903. The van der Waals surface area contributed by atoms with Gasteiger partial charge in [-0.25, -0.2) is 4.98 Å². The minimum Gasteiger partial charge on any atom is -0.390 e. The molecule has 74 valence electrons. The Morgan fingerprint density at radius 3 is 2.79 bits per heavy atom. The predicted octanol–water partition coefficient (Wildman–Crippen LogP) is 2.66. The zero-order valence-corrected chi connectivity index (χ0v) is 10.6. The summed E-state index contributed by atoms with van der Waals surface area (Å²) in [6.45, 7) is 1.97. The van der Waals surface area contributed by atoms with E-state index in [0.29, 0.717) is 0 Å². The van der Waals surface area contributed by atoms with Crippen LogP contribution in [0.4, 0.5) is 0 Å². The molecule has 2 aromatic heterocycles. The first-order chi connectivity index (χ1) is 6.65. The Morgan fingerprint density at radius 1 is 1.43 bits per heavy atom. The zero-order chi connectivity index (χ0) is 10.3. The molecule has 0 radical (unpaired) electrons. The van der Waals surface area contributed by atoms with Gasteiger partial charge in [0.2, 0.25) is 0 Å². The number of aryl methyl sites for hydroxylation is 1. The van der Waals surface area contributed by atoms with Gasteiger partial charge in [-0.2, -0.15) is 0 Å². The number of aliphatic hydroxyl groups is 1. The molecule has 5 heteroatoms. The van der Waals surface area contributed by atoms with E-state index >= 15 is 0 Å². The van der Waals surface area contributed by atoms with Crippen LogP contribution in [0.15, 0.2) is 21.2 Å². The molecule has 0 aliphatic rings. The summed E-state index contributed by atoms with van der Waals surface area (Å²) < 4.78 is 3.83. The lowest BCUT2D eigenvalue weighted by atomic mass is 10.3. The Balaban J connectivity index is 2.92. The lowest BCUT2D eigenvalue weighted by Crippen LogP contribution is -1.98. The first-order valence-corrected chi connectivity index (χ1v) is 5.65. The summed E-state index contributed by atoms with van der Waals surface area (Å²) >= 11 is 6.88. The molecule has 14 heavy (non-hydrogen) atoms. The molecular formula is C9H8Br2N2O. The second-order valence-electron chi connectivity index (χ2n) is 2.99. The molecule has 2 aromatic rings. The van der Waals surface area contributed by atoms with Crippen molar-refractivity contribution in [2.45, 2.75) is 13.5 Å². The van der Waals surface area contributed by atoms with E-state index in [0.717, 1.165) is 26.0 Å². The smallest absolute Gasteiger partial charge is 0.151 e. The van der Waals surface area contributed by atoms with E-state index in [-0.39, 0.29) is 6.61 Å². The third-order valence-electron chi connectivity index (χ3n) is 2.14. The topological polar surface area (TPSA) is 37.5 Å². The van der Waals surface area contributed by atoms with Gasteiger partial charge in [0.25, 0.3) is 0 Å². The van der Waals surface area contributed by atoms with Crippen molar-refractivity contribution >= 4 is 37.5 Å². The fourth-order valence-corrected chi connectivity index (χ4v) is 2.65. The van der Waals surface area contributed by atoms with Gasteiger partial charge in [0.15, 0.2) is 5.65 Å². The van der Waals surface area contributed by atoms with Crippen LogP contribution in [0.3, 0.4) is 0 Å². The van der Waals surface area contributed by atoms with Crippen molar-refractivity contribution in [2.75, 3.05) is 0 Å². The average Bonchev–Trinajstić information content (AvgIpc) is 2.58. The maximum atomic E-state index is 9.14. The quantitative estimate of drug-likeness (QED) is 0.877. The summed E-state index contributed by atoms with van der Waals surface area (Å²) in [4.78, 5) is 4.23. The summed E-state index contributed by atoms with van der Waals surface area (Å²) in [5.41, 5.74) is 2.65. The lowest BCUT2D eigenvalue weighted by Gasteiger charge is -2.06. The van der Waals surface area contributed by atoms with Crippen LogP contribution in [-0.2, 0) is 6.61 Å². The van der Waals surface area contributed by atoms with Crippen LogP contribution in [0.1, 0.15) is 11.4 Å². The molecule has 0 atom stereocenters. The van der Waals surface area contributed by atoms with Crippen LogP contribution in [0.5, 0.6) is 0 Å². The van der Waals surface area contributed by atoms with Crippen molar-refractivity contribution in [3.05, 3.63) is 32.6 Å². The van der Waals surface area contributed by atoms with Crippen molar-refractivity contribution in [3.63, 3.8) is 0 Å². The number of halogens is 2. The Bertz CT molecular complexity index is 493. The van der Waals surface area contributed by atoms with E-state index in [1.54, 1.807) is 6.20 Å². The predicted molar refractivity (Wildman–Crippen MR) is 61.3 cm³/mol. The molecule has 0 amide bonds. The highest BCUT2D eigenvalue weighted by molar-refractivity contribution is 9.11. The maximum Gasteiger partial charge on any atom is 0.151 e. The van der Waals surface area contributed by atoms with Crippen LogP contribution >= 0.6 is 31.9 Å². The van der Waals surface area contributed by atoms with Crippen LogP contribution in [0.2, 0.25) is 0 Å². The second kappa shape index (κ2) is 3.64. The summed E-state index contributed by atoms with van der Waals surface area (Å²) in [6, 6.07) is 1.96. The molecule has 0 aromatic carbocycles. The van der Waals surface area contributed by atoms with Gasteiger partial charge >= 0.3 is 0 Å². The van der Waals surface area contributed by atoms with Crippen molar-refractivity contribution in [2.24, 2.45) is 0 Å². The summed E-state index contributed by atoms with van der Waals surface area (Å²) in [7, 11) is 0. The van der Waals surface area contributed by atoms with E-state index in [1.807, 2.05) is 17.4 Å². The molecular weight excluding hydrogens is 312 g/mol. The number of hydrogen-bond donors (Lipinski definition) is 1. The molecule has 0 spiro atoms. The molecule has 1 N–H and O–H groups in total. The molecule has 2 heterocycles. The van der Waals surface area contributed by atoms with Crippen molar-refractivity contribution in [3.8, 4) is 0 Å². The molecule has 0 fully saturated rings. The van der Waals surface area contributed by atoms with Crippen LogP contribution < -0.4 is 0 Å². The SMILES string of the molecule is Cc1c(Br)cc(Br)c2ncc(CO)n12. The van der Waals surface area contributed by atoms with Gasteiger partial charge in [-0.15, -0.1) is 0 Å². The number of nitrogens with zero attached hydrogens (tertiary/aromatic N) is 2. The van der Waals surface area contributed by atoms with Gasteiger partial charge < -0.3 is 5.11 Å². The Morgan fingerprint density at radius 2 is 2.14 bits per heavy atom. The van der Waals surface area contributed by atoms with E-state index < -0.39 is 0 Å². The standard InChI is InChI=1S/C9H8Br2N2O/c1-5-7(10)2-8(11)9-12-3-6(4-14)13(5)9/h2-3,14H,4H2,1H3. The largest absolute Gasteiger partial charge is 0.390 e. The zero-order valence-electron chi connectivity index (χ0n) is 7.46. The lowest BCUT2D eigenvalue weighted by molar-refractivity contribution is 0.275. The van der Waals surface area contributed by atoms with Crippen molar-refractivity contribution in [1.82, 2.24) is 9.38 Å². The maximum absolute atomic E-state index is 9.14. The Hall–Kier alpha value is -0.390. The number of rotatable bonds is 1. The third kappa shape index (κ3) is 1.39. The highest BCUT2D eigenvalue weighted by Crippen LogP contribution is 2.26. The number of imidazole rings is 1. The van der Waals surface area contributed by atoms with Gasteiger partial charge in [0.05, 0.1) is 23.0 Å². The first-order valence-electron chi connectivity index (χ1n) is 4.07. The normalized spacial score (nSPS) is 11.1. The van der Waals surface area contributed by atoms with Gasteiger partial charge in [0.1, 0.15) is 0 Å². The van der Waals surface area contributed by atoms with E-state index in [1.165, 1.54) is 0 Å². The second-order valence-corrected chi connectivity index (χ2v) is 4.70. The highest BCUT2D eigenvalue weighted by Gasteiger charge is 2.10. The molecule has 0 saturated carbocycles. The van der Waals surface area contributed by atoms with Crippen molar-refractivity contribution in [1.29, 1.82) is 0 Å². The number of aromatic nitrogens is 2. The molecule has 2 rings (SSSR count). The Kier molecular flexibility index (Phi) is 2.64. The number of aliphatic hydroxyl groups excluding tert-OH is 1. The van der Waals surface area contributed by atoms with E-state index in [4.69, 9.17) is 5.11 Å². The van der Waals surface area contributed by atoms with Gasteiger partial charge in [-0.1, -0.05) is 0 Å². The Labute approximate surface area is 98.0 Å². The van der Waals surface area contributed by atoms with Gasteiger partial charge in [-0.05, 0) is 44.8 Å². The van der Waals surface area contributed by atoms with E-state index in [2.05, 4.69) is 36.8 Å². The fourth-order valence-electron chi connectivity index (χ4n) is 1.43. The molecule has 0 aliphatic heterocycles. The monoisotopic (exact) mass is 318 g/mol. The van der Waals surface area contributed by atoms with E-state index in [9.17, 15) is 0 Å². The number of hydrogen-bond acceptors (Lipinski definition) is 2. The molecule has 0 unspecified atom stereocenters. The van der Waals surface area contributed by atoms with Crippen molar-refractivity contribution < 1.29 is 5.11 Å². The first kappa shape index (κ1) is 10.1. The van der Waals surface area contributed by atoms with Crippen LogP contribution in [0.25, 0.3) is 5.65 Å². The number of fused-ring (bicyclic) bond motifs is 1. The average molecular weight is 320 g/mol. The molecule has 0 aliphatic carbocycles. The molecule has 0 bridgehead atoms. The van der Waals surface area contributed by atoms with Gasteiger partial charge in [-0.3, -0.25) is 4.40 Å². The third-order valence-corrected chi connectivity index (χ3v) is 3.53. The fraction of sp³-hybridized carbons (Fsp3) is 0.222. The molecule has 0 saturated heterocycles. The minimum atomic E-state index is -0.00903. The molecule has 3 nitrogen and oxygen atoms in total. The summed E-state index contributed by atoms with van der Waals surface area (Å²) in [6.07, 6.45) is 1.68. The van der Waals surface area contributed by atoms with Gasteiger partial charge in [0, 0.05) is 10.2 Å². The summed E-state index contributed by atoms with van der Waals surface area (Å²) in [5, 5.41) is 9.14.